The molecule has 15 heavy (non-hydrogen) atoms. The maximum Gasteiger partial charge on any atom is 0.174 e. The van der Waals surface area contributed by atoms with Crippen LogP contribution in [0, 0.1) is 6.92 Å². The van der Waals surface area contributed by atoms with Crippen LogP contribution < -0.4 is 5.73 Å². The second-order valence-electron chi connectivity index (χ2n) is 3.25. The number of imidazole rings is 1. The van der Waals surface area contributed by atoms with Gasteiger partial charge in [-0.05, 0) is 30.8 Å². The average Bonchev–Trinajstić information content (AvgIpc) is 2.59. The van der Waals surface area contributed by atoms with Gasteiger partial charge in [0.15, 0.2) is 5.16 Å². The first-order chi connectivity index (χ1) is 7.16. The van der Waals surface area contributed by atoms with Crippen molar-refractivity contribution in [3.63, 3.8) is 0 Å². The Hall–Kier alpha value is -1.49. The second kappa shape index (κ2) is 3.94. The van der Waals surface area contributed by atoms with Crippen LogP contribution in [0.3, 0.4) is 0 Å². The fourth-order valence-corrected chi connectivity index (χ4v) is 1.97. The number of rotatable bonds is 2. The Morgan fingerprint density at radius 3 is 2.80 bits per heavy atom. The lowest BCUT2D eigenvalue weighted by Crippen LogP contribution is -1.94. The van der Waals surface area contributed by atoms with Crippen LogP contribution in [0.25, 0.3) is 0 Å². The van der Waals surface area contributed by atoms with Gasteiger partial charge >= 0.3 is 0 Å². The first kappa shape index (κ1) is 10.0. The maximum atomic E-state index is 5.70. The van der Waals surface area contributed by atoms with Gasteiger partial charge in [0, 0.05) is 19.4 Å². The molecule has 0 spiro atoms. The molecule has 0 radical (unpaired) electrons. The Balaban J connectivity index is 2.25. The highest BCUT2D eigenvalue weighted by molar-refractivity contribution is 7.99. The molecular weight excluding hydrogens is 208 g/mol. The highest BCUT2D eigenvalue weighted by atomic mass is 32.2. The van der Waals surface area contributed by atoms with Gasteiger partial charge in [-0.15, -0.1) is 0 Å². The van der Waals surface area contributed by atoms with E-state index in [2.05, 4.69) is 9.97 Å². The smallest absolute Gasteiger partial charge is 0.174 e. The molecule has 2 aromatic heterocycles. The predicted molar refractivity (Wildman–Crippen MR) is 60.7 cm³/mol. The van der Waals surface area contributed by atoms with Crippen LogP contribution in [-0.4, -0.2) is 14.5 Å². The highest BCUT2D eigenvalue weighted by Gasteiger charge is 2.04. The molecule has 2 rings (SSSR count). The van der Waals surface area contributed by atoms with E-state index in [1.54, 1.807) is 6.20 Å². The summed E-state index contributed by atoms with van der Waals surface area (Å²) in [4.78, 5) is 8.59. The van der Waals surface area contributed by atoms with Crippen molar-refractivity contribution < 1.29 is 0 Å². The van der Waals surface area contributed by atoms with Crippen molar-refractivity contribution in [1.82, 2.24) is 14.5 Å². The van der Waals surface area contributed by atoms with Crippen molar-refractivity contribution in [1.29, 1.82) is 0 Å². The number of nitrogen functional groups attached to an aromatic ring is 1. The number of pyridine rings is 1. The molecule has 0 saturated heterocycles. The minimum atomic E-state index is 0.721. The zero-order chi connectivity index (χ0) is 10.8. The van der Waals surface area contributed by atoms with Crippen LogP contribution in [0.5, 0.6) is 0 Å². The molecular formula is C10H12N4S. The maximum absolute atomic E-state index is 5.70. The molecule has 0 atom stereocenters. The van der Waals surface area contributed by atoms with Crippen molar-refractivity contribution in [2.75, 3.05) is 5.73 Å². The minimum absolute atomic E-state index is 0.721. The highest BCUT2D eigenvalue weighted by Crippen LogP contribution is 2.25. The van der Waals surface area contributed by atoms with E-state index in [9.17, 15) is 0 Å². The first-order valence-electron chi connectivity index (χ1n) is 4.55. The van der Waals surface area contributed by atoms with E-state index in [-0.39, 0.29) is 0 Å². The van der Waals surface area contributed by atoms with Gasteiger partial charge in [-0.25, -0.2) is 9.97 Å². The van der Waals surface area contributed by atoms with Crippen molar-refractivity contribution in [3.8, 4) is 0 Å². The summed E-state index contributed by atoms with van der Waals surface area (Å²) in [6.45, 7) is 1.90. The quantitative estimate of drug-likeness (QED) is 0.839. The molecule has 0 aliphatic rings. The van der Waals surface area contributed by atoms with E-state index in [0.29, 0.717) is 0 Å². The Morgan fingerprint density at radius 1 is 1.40 bits per heavy atom. The molecule has 0 bridgehead atoms. The van der Waals surface area contributed by atoms with Gasteiger partial charge in [0.1, 0.15) is 5.03 Å². The molecule has 2 N–H and O–H groups in total. The van der Waals surface area contributed by atoms with E-state index >= 15 is 0 Å². The predicted octanol–water partition coefficient (Wildman–Crippen LogP) is 1.86. The van der Waals surface area contributed by atoms with Gasteiger partial charge in [-0.3, -0.25) is 0 Å². The summed E-state index contributed by atoms with van der Waals surface area (Å²) in [6.07, 6.45) is 3.68. The van der Waals surface area contributed by atoms with Gasteiger partial charge in [0.05, 0.1) is 11.4 Å². The molecule has 0 unspecified atom stereocenters. The Kier molecular flexibility index (Phi) is 2.64. The van der Waals surface area contributed by atoms with Crippen molar-refractivity contribution >= 4 is 17.4 Å². The van der Waals surface area contributed by atoms with Crippen molar-refractivity contribution in [2.45, 2.75) is 17.1 Å². The lowest BCUT2D eigenvalue weighted by atomic mass is 10.3. The summed E-state index contributed by atoms with van der Waals surface area (Å²) >= 11 is 1.53. The molecule has 0 aromatic carbocycles. The third-order valence-electron chi connectivity index (χ3n) is 2.07. The van der Waals surface area contributed by atoms with E-state index in [1.807, 2.05) is 36.9 Å². The molecule has 0 saturated carbocycles. The number of nitrogens with two attached hydrogens (primary N) is 1. The van der Waals surface area contributed by atoms with Crippen LogP contribution >= 0.6 is 11.8 Å². The normalized spacial score (nSPS) is 10.5. The van der Waals surface area contributed by atoms with Gasteiger partial charge < -0.3 is 10.3 Å². The molecule has 4 nitrogen and oxygen atoms in total. The molecule has 0 aliphatic heterocycles. The zero-order valence-corrected chi connectivity index (χ0v) is 9.45. The average molecular weight is 220 g/mol. The summed E-state index contributed by atoms with van der Waals surface area (Å²) in [5.74, 6) is 0. The summed E-state index contributed by atoms with van der Waals surface area (Å²) in [6, 6.07) is 3.77. The zero-order valence-electron chi connectivity index (χ0n) is 8.64. The van der Waals surface area contributed by atoms with Crippen molar-refractivity contribution in [2.24, 2.45) is 7.05 Å². The number of hydrogen-bond donors (Lipinski definition) is 1. The van der Waals surface area contributed by atoms with Gasteiger partial charge in [-0.2, -0.15) is 0 Å². The van der Waals surface area contributed by atoms with E-state index < -0.39 is 0 Å². The van der Waals surface area contributed by atoms with Gasteiger partial charge in [0.2, 0.25) is 0 Å². The fourth-order valence-electron chi connectivity index (χ4n) is 1.15. The molecule has 5 heteroatoms. The van der Waals surface area contributed by atoms with Crippen molar-refractivity contribution in [3.05, 3.63) is 30.2 Å². The summed E-state index contributed by atoms with van der Waals surface area (Å²) in [5, 5.41) is 1.84. The number of aromatic nitrogens is 3. The Labute approximate surface area is 92.5 Å². The number of nitrogens with zero attached hydrogens (tertiary/aromatic N) is 3. The molecule has 2 heterocycles. The number of aryl methyl sites for hydroxylation is 2. The summed E-state index contributed by atoms with van der Waals surface area (Å²) in [5.41, 5.74) is 7.28. The van der Waals surface area contributed by atoms with Crippen LogP contribution in [-0.2, 0) is 7.05 Å². The SMILES string of the molecule is Cc1nc(Sc2nccn2C)ccc1N. The summed E-state index contributed by atoms with van der Waals surface area (Å²) in [7, 11) is 1.96. The molecule has 0 amide bonds. The Bertz CT molecular complexity index is 478. The standard InChI is InChI=1S/C10H12N4S/c1-7-8(11)3-4-9(13-7)15-10-12-5-6-14(10)2/h3-6H,11H2,1-2H3. The first-order valence-corrected chi connectivity index (χ1v) is 5.37. The van der Waals surface area contributed by atoms with E-state index in [1.165, 1.54) is 11.8 Å². The topological polar surface area (TPSA) is 56.7 Å². The second-order valence-corrected chi connectivity index (χ2v) is 4.23. The summed E-state index contributed by atoms with van der Waals surface area (Å²) < 4.78 is 1.96. The number of hydrogen-bond acceptors (Lipinski definition) is 4. The third-order valence-corrected chi connectivity index (χ3v) is 3.09. The molecule has 78 valence electrons. The Morgan fingerprint density at radius 2 is 2.20 bits per heavy atom. The van der Waals surface area contributed by atoms with E-state index in [4.69, 9.17) is 5.73 Å². The van der Waals surface area contributed by atoms with Crippen LogP contribution in [0.4, 0.5) is 5.69 Å². The minimum Gasteiger partial charge on any atom is -0.397 e. The van der Waals surface area contributed by atoms with Crippen LogP contribution in [0.15, 0.2) is 34.7 Å². The fraction of sp³-hybridized carbons (Fsp3) is 0.200. The lowest BCUT2D eigenvalue weighted by molar-refractivity contribution is 0.788. The molecule has 2 aromatic rings. The third kappa shape index (κ3) is 2.12. The van der Waals surface area contributed by atoms with Gasteiger partial charge in [-0.1, -0.05) is 0 Å². The molecule has 0 fully saturated rings. The van der Waals surface area contributed by atoms with Crippen LogP contribution in [0.2, 0.25) is 0 Å². The van der Waals surface area contributed by atoms with Crippen LogP contribution in [0.1, 0.15) is 5.69 Å². The monoisotopic (exact) mass is 220 g/mol. The largest absolute Gasteiger partial charge is 0.397 e. The lowest BCUT2D eigenvalue weighted by Gasteiger charge is -2.03. The molecule has 0 aliphatic carbocycles. The number of anilines is 1. The van der Waals surface area contributed by atoms with E-state index in [0.717, 1.165) is 21.6 Å². The van der Waals surface area contributed by atoms with Gasteiger partial charge in [0.25, 0.3) is 0 Å².